The van der Waals surface area contributed by atoms with Gasteiger partial charge >= 0.3 is 0 Å². The quantitative estimate of drug-likeness (QED) is 0.939. The first-order valence-electron chi connectivity index (χ1n) is 5.29. The molecule has 3 nitrogen and oxygen atoms in total. The number of phenols is 1. The van der Waals surface area contributed by atoms with Gasteiger partial charge in [0.25, 0.3) is 0 Å². The van der Waals surface area contributed by atoms with E-state index in [1.807, 2.05) is 16.8 Å². The van der Waals surface area contributed by atoms with Crippen molar-refractivity contribution >= 4 is 27.5 Å². The molecule has 0 saturated carbocycles. The molecule has 0 bridgehead atoms. The van der Waals surface area contributed by atoms with E-state index in [-0.39, 0.29) is 5.75 Å². The van der Waals surface area contributed by atoms with E-state index in [0.29, 0.717) is 11.6 Å². The minimum Gasteiger partial charge on any atom is -0.508 e. The molecule has 0 unspecified atom stereocenters. The summed E-state index contributed by atoms with van der Waals surface area (Å²) >= 11 is 9.44. The molecule has 0 fully saturated rings. The van der Waals surface area contributed by atoms with Crippen LogP contribution in [-0.4, -0.2) is 14.7 Å². The average molecular weight is 316 g/mol. The topological polar surface area (TPSA) is 38.0 Å². The van der Waals surface area contributed by atoms with Gasteiger partial charge in [0.15, 0.2) is 0 Å². The van der Waals surface area contributed by atoms with E-state index in [2.05, 4.69) is 27.8 Å². The lowest BCUT2D eigenvalue weighted by atomic mass is 10.2. The maximum Gasteiger partial charge on any atom is 0.124 e. The number of rotatable bonds is 3. The van der Waals surface area contributed by atoms with Crippen LogP contribution in [0.2, 0.25) is 5.02 Å². The molecule has 0 amide bonds. The maximum atomic E-state index is 9.30. The van der Waals surface area contributed by atoms with Gasteiger partial charge in [0.05, 0.1) is 6.54 Å². The van der Waals surface area contributed by atoms with Crippen molar-refractivity contribution in [1.82, 2.24) is 9.55 Å². The van der Waals surface area contributed by atoms with Crippen molar-refractivity contribution in [3.05, 3.63) is 45.4 Å². The molecule has 1 aromatic heterocycles. The zero-order chi connectivity index (χ0) is 12.4. The zero-order valence-corrected chi connectivity index (χ0v) is 11.7. The van der Waals surface area contributed by atoms with E-state index in [4.69, 9.17) is 11.6 Å². The minimum absolute atomic E-state index is 0.182. The van der Waals surface area contributed by atoms with Crippen LogP contribution in [0.25, 0.3) is 0 Å². The zero-order valence-electron chi connectivity index (χ0n) is 9.32. The van der Waals surface area contributed by atoms with E-state index >= 15 is 0 Å². The molecule has 0 saturated heterocycles. The van der Waals surface area contributed by atoms with Crippen LogP contribution in [-0.2, 0) is 13.0 Å². The van der Waals surface area contributed by atoms with Gasteiger partial charge in [0, 0.05) is 17.6 Å². The second kappa shape index (κ2) is 5.10. The molecule has 5 heteroatoms. The molecule has 2 rings (SSSR count). The monoisotopic (exact) mass is 314 g/mol. The van der Waals surface area contributed by atoms with Crippen molar-refractivity contribution in [2.45, 2.75) is 19.9 Å². The number of halogens is 2. The lowest BCUT2D eigenvalue weighted by Gasteiger charge is -2.08. The number of aromatic nitrogens is 2. The Morgan fingerprint density at radius 1 is 1.47 bits per heavy atom. The standard InChI is InChI=1S/C12H12BrClN2O/c1-2-12-15-11(13)7-16(12)6-8-3-4-9(17)5-10(8)14/h3-5,7,17H,2,6H2,1H3. The Kier molecular flexibility index (Phi) is 3.74. The fourth-order valence-corrected chi connectivity index (χ4v) is 2.37. The predicted octanol–water partition coefficient (Wildman–Crippen LogP) is 3.62. The SMILES string of the molecule is CCc1nc(Br)cn1Cc1ccc(O)cc1Cl. The highest BCUT2D eigenvalue weighted by Gasteiger charge is 2.07. The summed E-state index contributed by atoms with van der Waals surface area (Å²) in [6, 6.07) is 5.01. The number of hydrogen-bond acceptors (Lipinski definition) is 2. The number of phenolic OH excluding ortho intramolecular Hbond substituents is 1. The van der Waals surface area contributed by atoms with Crippen LogP contribution in [0.1, 0.15) is 18.3 Å². The fraction of sp³-hybridized carbons (Fsp3) is 0.250. The molecular formula is C12H12BrClN2O. The fourth-order valence-electron chi connectivity index (χ4n) is 1.69. The Balaban J connectivity index is 2.30. The molecule has 0 radical (unpaired) electrons. The number of benzene rings is 1. The summed E-state index contributed by atoms with van der Waals surface area (Å²) in [6.07, 6.45) is 2.79. The molecule has 17 heavy (non-hydrogen) atoms. The second-order valence-corrected chi connectivity index (χ2v) is 4.96. The van der Waals surface area contributed by atoms with E-state index in [0.717, 1.165) is 22.4 Å². The van der Waals surface area contributed by atoms with Crippen molar-refractivity contribution < 1.29 is 5.11 Å². The summed E-state index contributed by atoms with van der Waals surface area (Å²) < 4.78 is 2.87. The molecule has 0 aliphatic heterocycles. The van der Waals surface area contributed by atoms with Crippen molar-refractivity contribution in [2.24, 2.45) is 0 Å². The minimum atomic E-state index is 0.182. The van der Waals surface area contributed by atoms with Gasteiger partial charge in [-0.3, -0.25) is 0 Å². The Morgan fingerprint density at radius 2 is 2.24 bits per heavy atom. The first kappa shape index (κ1) is 12.5. The van der Waals surface area contributed by atoms with Gasteiger partial charge < -0.3 is 9.67 Å². The third kappa shape index (κ3) is 2.82. The van der Waals surface area contributed by atoms with E-state index < -0.39 is 0 Å². The number of nitrogens with zero attached hydrogens (tertiary/aromatic N) is 2. The van der Waals surface area contributed by atoms with Gasteiger partial charge in [-0.2, -0.15) is 0 Å². The van der Waals surface area contributed by atoms with Crippen molar-refractivity contribution in [1.29, 1.82) is 0 Å². The maximum absolute atomic E-state index is 9.30. The van der Waals surface area contributed by atoms with Crippen molar-refractivity contribution in [2.75, 3.05) is 0 Å². The summed E-state index contributed by atoms with van der Waals surface area (Å²) in [5, 5.41) is 9.86. The first-order valence-corrected chi connectivity index (χ1v) is 6.46. The van der Waals surface area contributed by atoms with Gasteiger partial charge in [-0.15, -0.1) is 0 Å². The number of imidazole rings is 1. The Morgan fingerprint density at radius 3 is 2.88 bits per heavy atom. The lowest BCUT2D eigenvalue weighted by Crippen LogP contribution is -2.03. The second-order valence-electron chi connectivity index (χ2n) is 3.74. The predicted molar refractivity (Wildman–Crippen MR) is 71.5 cm³/mol. The molecule has 0 spiro atoms. The van der Waals surface area contributed by atoms with Crippen LogP contribution in [0.4, 0.5) is 0 Å². The van der Waals surface area contributed by atoms with Crippen LogP contribution in [0.5, 0.6) is 5.75 Å². The molecule has 90 valence electrons. The van der Waals surface area contributed by atoms with E-state index in [9.17, 15) is 5.11 Å². The molecule has 2 aromatic rings. The summed E-state index contributed by atoms with van der Waals surface area (Å²) in [7, 11) is 0. The van der Waals surface area contributed by atoms with Crippen LogP contribution in [0, 0.1) is 0 Å². The van der Waals surface area contributed by atoms with Crippen molar-refractivity contribution in [3.63, 3.8) is 0 Å². The first-order chi connectivity index (χ1) is 8.10. The Hall–Kier alpha value is -1.00. The summed E-state index contributed by atoms with van der Waals surface area (Å²) in [6.45, 7) is 2.71. The molecule has 0 aliphatic carbocycles. The molecule has 1 heterocycles. The highest BCUT2D eigenvalue weighted by Crippen LogP contribution is 2.23. The van der Waals surface area contributed by atoms with Crippen LogP contribution in [0.15, 0.2) is 29.0 Å². The van der Waals surface area contributed by atoms with Crippen LogP contribution < -0.4 is 0 Å². The molecule has 0 aliphatic rings. The smallest absolute Gasteiger partial charge is 0.124 e. The normalized spacial score (nSPS) is 10.8. The Bertz CT molecular complexity index is 539. The van der Waals surface area contributed by atoms with E-state index in [1.165, 1.54) is 0 Å². The molecule has 1 N–H and O–H groups in total. The van der Waals surface area contributed by atoms with Gasteiger partial charge in [-0.1, -0.05) is 24.6 Å². The largest absolute Gasteiger partial charge is 0.508 e. The lowest BCUT2D eigenvalue weighted by molar-refractivity contribution is 0.475. The van der Waals surface area contributed by atoms with Gasteiger partial charge in [0.1, 0.15) is 16.2 Å². The summed E-state index contributed by atoms with van der Waals surface area (Å²) in [4.78, 5) is 4.36. The molecular weight excluding hydrogens is 304 g/mol. The van der Waals surface area contributed by atoms with Crippen LogP contribution >= 0.6 is 27.5 Å². The third-order valence-corrected chi connectivity index (χ3v) is 3.26. The number of aromatic hydroxyl groups is 1. The molecule has 0 atom stereocenters. The Labute approximate surface area is 113 Å². The molecule has 1 aromatic carbocycles. The van der Waals surface area contributed by atoms with Gasteiger partial charge in [0.2, 0.25) is 0 Å². The third-order valence-electron chi connectivity index (χ3n) is 2.52. The average Bonchev–Trinajstić information content (AvgIpc) is 2.63. The van der Waals surface area contributed by atoms with Crippen molar-refractivity contribution in [3.8, 4) is 5.75 Å². The van der Waals surface area contributed by atoms with Gasteiger partial charge in [-0.05, 0) is 33.6 Å². The van der Waals surface area contributed by atoms with Gasteiger partial charge in [-0.25, -0.2) is 4.98 Å². The number of aryl methyl sites for hydroxylation is 1. The highest BCUT2D eigenvalue weighted by molar-refractivity contribution is 9.10. The highest BCUT2D eigenvalue weighted by atomic mass is 79.9. The van der Waals surface area contributed by atoms with Crippen LogP contribution in [0.3, 0.4) is 0 Å². The summed E-state index contributed by atoms with van der Waals surface area (Å²) in [5.74, 6) is 1.18. The van der Waals surface area contributed by atoms with E-state index in [1.54, 1.807) is 12.1 Å². The summed E-state index contributed by atoms with van der Waals surface area (Å²) in [5.41, 5.74) is 0.962. The number of hydrogen-bond donors (Lipinski definition) is 1.